The fraction of sp³-hybridized carbons (Fsp3) is 0.316. The van der Waals surface area contributed by atoms with E-state index in [4.69, 9.17) is 4.74 Å². The van der Waals surface area contributed by atoms with Crippen LogP contribution in [0.5, 0.6) is 5.88 Å². The molecule has 0 saturated carbocycles. The van der Waals surface area contributed by atoms with Crippen molar-refractivity contribution in [3.63, 3.8) is 0 Å². The zero-order valence-electron chi connectivity index (χ0n) is 15.6. The highest BCUT2D eigenvalue weighted by Crippen LogP contribution is 2.28. The van der Waals surface area contributed by atoms with Crippen molar-refractivity contribution >= 4 is 5.91 Å². The van der Waals surface area contributed by atoms with Crippen molar-refractivity contribution in [1.29, 1.82) is 0 Å². The minimum absolute atomic E-state index is 0.0383. The molecule has 0 bridgehead atoms. The van der Waals surface area contributed by atoms with Crippen LogP contribution in [0.2, 0.25) is 0 Å². The van der Waals surface area contributed by atoms with E-state index in [1.807, 2.05) is 0 Å². The highest BCUT2D eigenvalue weighted by Gasteiger charge is 2.37. The molecule has 1 fully saturated rings. The number of pyridine rings is 2. The molecule has 1 aliphatic rings. The standard InChI is InChI=1S/C19H18F2N6O2/c1-29-15-6-5-13(12-23-15)27-17(14-4-2-3-9-22-14)24-16(25-27)18(28)26-10-7-19(20,21)8-11-26/h2-6,9,12H,7-8,10-11H2,1H3. The summed E-state index contributed by atoms with van der Waals surface area (Å²) in [6, 6.07) is 8.68. The van der Waals surface area contributed by atoms with Crippen molar-refractivity contribution < 1.29 is 18.3 Å². The highest BCUT2D eigenvalue weighted by atomic mass is 19.3. The van der Waals surface area contributed by atoms with Crippen molar-refractivity contribution in [2.45, 2.75) is 18.8 Å². The first kappa shape index (κ1) is 18.9. The predicted molar refractivity (Wildman–Crippen MR) is 99.0 cm³/mol. The summed E-state index contributed by atoms with van der Waals surface area (Å²) in [5.41, 5.74) is 1.07. The lowest BCUT2D eigenvalue weighted by Gasteiger charge is -2.30. The lowest BCUT2D eigenvalue weighted by atomic mass is 10.1. The molecule has 3 aromatic rings. The van der Waals surface area contributed by atoms with Crippen LogP contribution in [0.25, 0.3) is 17.2 Å². The number of piperidine rings is 1. The Labute approximate surface area is 165 Å². The molecule has 8 nitrogen and oxygen atoms in total. The summed E-state index contributed by atoms with van der Waals surface area (Å²) >= 11 is 0. The molecule has 0 N–H and O–H groups in total. The molecular formula is C19H18F2N6O2. The third kappa shape index (κ3) is 3.91. The lowest BCUT2D eigenvalue weighted by molar-refractivity contribution is -0.0496. The van der Waals surface area contributed by atoms with Gasteiger partial charge >= 0.3 is 0 Å². The van der Waals surface area contributed by atoms with Gasteiger partial charge in [0, 0.05) is 38.2 Å². The number of rotatable bonds is 4. The van der Waals surface area contributed by atoms with E-state index >= 15 is 0 Å². The Morgan fingerprint density at radius 1 is 1.14 bits per heavy atom. The van der Waals surface area contributed by atoms with Crippen LogP contribution in [-0.4, -0.2) is 61.7 Å². The Morgan fingerprint density at radius 2 is 1.93 bits per heavy atom. The minimum Gasteiger partial charge on any atom is -0.481 e. The Hall–Kier alpha value is -3.43. The second kappa shape index (κ2) is 7.53. The second-order valence-electron chi connectivity index (χ2n) is 6.59. The van der Waals surface area contributed by atoms with Crippen molar-refractivity contribution in [2.75, 3.05) is 20.2 Å². The molecular weight excluding hydrogens is 382 g/mol. The number of alkyl halides is 2. The van der Waals surface area contributed by atoms with Crippen LogP contribution in [0.3, 0.4) is 0 Å². The van der Waals surface area contributed by atoms with Crippen LogP contribution in [-0.2, 0) is 0 Å². The van der Waals surface area contributed by atoms with Gasteiger partial charge in [0.05, 0.1) is 19.0 Å². The molecule has 0 spiro atoms. The van der Waals surface area contributed by atoms with E-state index in [0.717, 1.165) is 0 Å². The number of carbonyl (C=O) groups is 1. The van der Waals surface area contributed by atoms with E-state index in [9.17, 15) is 13.6 Å². The van der Waals surface area contributed by atoms with Gasteiger partial charge in [-0.15, -0.1) is 5.10 Å². The third-order valence-corrected chi connectivity index (χ3v) is 4.65. The molecule has 0 aliphatic carbocycles. The Kier molecular flexibility index (Phi) is 4.91. The molecule has 10 heteroatoms. The molecule has 0 atom stereocenters. The van der Waals surface area contributed by atoms with Gasteiger partial charge in [0.25, 0.3) is 11.8 Å². The van der Waals surface area contributed by atoms with Crippen LogP contribution in [0, 0.1) is 0 Å². The zero-order chi connectivity index (χ0) is 20.4. The summed E-state index contributed by atoms with van der Waals surface area (Å²) < 4.78 is 33.4. The van der Waals surface area contributed by atoms with Gasteiger partial charge in [-0.2, -0.15) is 0 Å². The van der Waals surface area contributed by atoms with Crippen molar-refractivity contribution in [2.24, 2.45) is 0 Å². The number of nitrogens with zero attached hydrogens (tertiary/aromatic N) is 6. The van der Waals surface area contributed by atoms with Gasteiger partial charge in [-0.1, -0.05) is 6.07 Å². The molecule has 4 rings (SSSR count). The number of halogens is 2. The molecule has 1 amide bonds. The Balaban J connectivity index is 1.70. The van der Waals surface area contributed by atoms with E-state index in [1.165, 1.54) is 22.9 Å². The number of ether oxygens (including phenoxy) is 1. The average Bonchev–Trinajstić information content (AvgIpc) is 3.19. The number of likely N-dealkylation sites (tertiary alicyclic amines) is 1. The first-order chi connectivity index (χ1) is 14.0. The van der Waals surface area contributed by atoms with E-state index in [-0.39, 0.29) is 31.8 Å². The molecule has 0 unspecified atom stereocenters. The summed E-state index contributed by atoms with van der Waals surface area (Å²) in [4.78, 5) is 27.0. The van der Waals surface area contributed by atoms with Crippen LogP contribution in [0.15, 0.2) is 42.7 Å². The van der Waals surface area contributed by atoms with Crippen LogP contribution in [0.1, 0.15) is 23.5 Å². The molecule has 29 heavy (non-hydrogen) atoms. The largest absolute Gasteiger partial charge is 0.481 e. The topological polar surface area (TPSA) is 86.0 Å². The number of carbonyl (C=O) groups excluding carboxylic acids is 1. The average molecular weight is 400 g/mol. The van der Waals surface area contributed by atoms with Gasteiger partial charge in [0.2, 0.25) is 11.7 Å². The first-order valence-corrected chi connectivity index (χ1v) is 9.03. The molecule has 0 aromatic carbocycles. The molecule has 1 saturated heterocycles. The highest BCUT2D eigenvalue weighted by molar-refractivity contribution is 5.91. The second-order valence-corrected chi connectivity index (χ2v) is 6.59. The van der Waals surface area contributed by atoms with Crippen molar-refractivity contribution in [3.05, 3.63) is 48.5 Å². The Morgan fingerprint density at radius 3 is 2.55 bits per heavy atom. The number of amides is 1. The molecule has 3 aromatic heterocycles. The number of hydrogen-bond acceptors (Lipinski definition) is 6. The van der Waals surface area contributed by atoms with Gasteiger partial charge in [-0.05, 0) is 18.2 Å². The summed E-state index contributed by atoms with van der Waals surface area (Å²) in [7, 11) is 1.51. The maximum atomic E-state index is 13.4. The quantitative estimate of drug-likeness (QED) is 0.669. The smallest absolute Gasteiger partial charge is 0.293 e. The van der Waals surface area contributed by atoms with E-state index in [0.29, 0.717) is 23.1 Å². The predicted octanol–water partition coefficient (Wildman–Crippen LogP) is 2.60. The van der Waals surface area contributed by atoms with Crippen LogP contribution >= 0.6 is 0 Å². The number of hydrogen-bond donors (Lipinski definition) is 0. The fourth-order valence-corrected chi connectivity index (χ4v) is 3.04. The summed E-state index contributed by atoms with van der Waals surface area (Å²) in [5, 5.41) is 4.33. The summed E-state index contributed by atoms with van der Waals surface area (Å²) in [6.45, 7) is -0.0766. The molecule has 150 valence electrons. The number of methoxy groups -OCH3 is 1. The fourth-order valence-electron chi connectivity index (χ4n) is 3.04. The van der Waals surface area contributed by atoms with Gasteiger partial charge < -0.3 is 9.64 Å². The maximum absolute atomic E-state index is 13.4. The maximum Gasteiger partial charge on any atom is 0.293 e. The van der Waals surface area contributed by atoms with Crippen LogP contribution in [0.4, 0.5) is 8.78 Å². The van der Waals surface area contributed by atoms with Crippen molar-refractivity contribution in [3.8, 4) is 23.1 Å². The lowest BCUT2D eigenvalue weighted by Crippen LogP contribution is -2.43. The Bertz CT molecular complexity index is 997. The van der Waals surface area contributed by atoms with Crippen LogP contribution < -0.4 is 4.74 Å². The monoisotopic (exact) mass is 400 g/mol. The summed E-state index contributed by atoms with van der Waals surface area (Å²) in [6.07, 6.45) is 2.41. The minimum atomic E-state index is -2.74. The molecule has 1 aliphatic heterocycles. The third-order valence-electron chi connectivity index (χ3n) is 4.65. The molecule has 4 heterocycles. The van der Waals surface area contributed by atoms with Gasteiger partial charge in [-0.3, -0.25) is 9.78 Å². The van der Waals surface area contributed by atoms with Gasteiger partial charge in [-0.25, -0.2) is 23.4 Å². The number of aromatic nitrogens is 5. The van der Waals surface area contributed by atoms with E-state index in [2.05, 4.69) is 20.1 Å². The summed E-state index contributed by atoms with van der Waals surface area (Å²) in [5.74, 6) is -2.52. The normalized spacial score (nSPS) is 15.9. The van der Waals surface area contributed by atoms with Crippen molar-refractivity contribution in [1.82, 2.24) is 29.6 Å². The zero-order valence-corrected chi connectivity index (χ0v) is 15.6. The van der Waals surface area contributed by atoms with E-state index < -0.39 is 11.8 Å². The van der Waals surface area contributed by atoms with Gasteiger partial charge in [0.1, 0.15) is 5.69 Å². The SMILES string of the molecule is COc1ccc(-n2nc(C(=O)N3CCC(F)(F)CC3)nc2-c2ccccn2)cn1. The van der Waals surface area contributed by atoms with Gasteiger partial charge in [0.15, 0.2) is 5.82 Å². The first-order valence-electron chi connectivity index (χ1n) is 9.03. The van der Waals surface area contributed by atoms with E-state index in [1.54, 1.807) is 36.5 Å². The molecule has 0 radical (unpaired) electrons.